The third-order valence-corrected chi connectivity index (χ3v) is 5.01. The number of hydrogen-bond acceptors (Lipinski definition) is 3. The molecule has 1 amide bonds. The molecule has 5 heteroatoms. The number of halogens is 1. The van der Waals surface area contributed by atoms with Crippen LogP contribution in [0.2, 0.25) is 0 Å². The largest absolute Gasteiger partial charge is 0.483 e. The minimum Gasteiger partial charge on any atom is -0.483 e. The first-order valence-corrected chi connectivity index (χ1v) is 9.56. The first-order valence-electron chi connectivity index (χ1n) is 8.76. The summed E-state index contributed by atoms with van der Waals surface area (Å²) in [4.78, 5) is 12.0. The number of hydrogen-bond donors (Lipinski definition) is 1. The summed E-state index contributed by atoms with van der Waals surface area (Å²) in [5, 5.41) is 6.13. The van der Waals surface area contributed by atoms with Gasteiger partial charge in [0.15, 0.2) is 6.61 Å². The lowest BCUT2D eigenvalue weighted by molar-refractivity contribution is -0.123. The fourth-order valence-corrected chi connectivity index (χ4v) is 3.25. The zero-order chi connectivity index (χ0) is 19.2. The molecule has 0 aliphatic rings. The lowest BCUT2D eigenvalue weighted by atomic mass is 10.0. The Balaban J connectivity index is 1.54. The molecule has 1 N–H and O–H groups in total. The summed E-state index contributed by atoms with van der Waals surface area (Å²) in [7, 11) is 0. The van der Waals surface area contributed by atoms with E-state index in [9.17, 15) is 4.79 Å². The van der Waals surface area contributed by atoms with Crippen molar-refractivity contribution in [2.75, 3.05) is 6.61 Å². The molecule has 138 valence electrons. The van der Waals surface area contributed by atoms with Gasteiger partial charge in [0.2, 0.25) is 0 Å². The first kappa shape index (κ1) is 19.1. The molecule has 0 bridgehead atoms. The van der Waals surface area contributed by atoms with Crippen LogP contribution in [-0.4, -0.2) is 18.7 Å². The van der Waals surface area contributed by atoms with E-state index < -0.39 is 0 Å². The van der Waals surface area contributed by atoms with Gasteiger partial charge in [-0.1, -0.05) is 68.4 Å². The molecule has 0 saturated carbocycles. The monoisotopic (exact) mass is 424 g/mol. The van der Waals surface area contributed by atoms with Crippen LogP contribution in [0.5, 0.6) is 5.75 Å². The fraction of sp³-hybridized carbons (Fsp3) is 0.182. The number of rotatable bonds is 6. The predicted octanol–water partition coefficient (Wildman–Crippen LogP) is 5.25. The lowest BCUT2D eigenvalue weighted by Gasteiger charge is -2.09. The molecule has 3 aromatic rings. The molecule has 0 atom stereocenters. The quantitative estimate of drug-likeness (QED) is 0.433. The second-order valence-corrected chi connectivity index (χ2v) is 7.30. The van der Waals surface area contributed by atoms with E-state index in [1.807, 2.05) is 48.5 Å². The SMILES string of the molecule is CC(C)c1ccc(C=NNC(=O)COc2ccc3ccccc3c2Br)cc1. The van der Waals surface area contributed by atoms with Gasteiger partial charge in [-0.2, -0.15) is 5.10 Å². The van der Waals surface area contributed by atoms with Gasteiger partial charge in [-0.05, 0) is 49.8 Å². The van der Waals surface area contributed by atoms with Crippen molar-refractivity contribution in [2.45, 2.75) is 19.8 Å². The Labute approximate surface area is 167 Å². The van der Waals surface area contributed by atoms with Crippen molar-refractivity contribution < 1.29 is 9.53 Å². The molecule has 0 aromatic heterocycles. The maximum absolute atomic E-state index is 12.0. The van der Waals surface area contributed by atoms with Crippen molar-refractivity contribution >= 4 is 38.8 Å². The highest BCUT2D eigenvalue weighted by Gasteiger charge is 2.08. The van der Waals surface area contributed by atoms with Gasteiger partial charge in [0.1, 0.15) is 5.75 Å². The maximum Gasteiger partial charge on any atom is 0.277 e. The third-order valence-electron chi connectivity index (χ3n) is 4.19. The van der Waals surface area contributed by atoms with Crippen LogP contribution in [0.4, 0.5) is 0 Å². The summed E-state index contributed by atoms with van der Waals surface area (Å²) in [5.41, 5.74) is 4.68. The number of carbonyl (C=O) groups is 1. The number of nitrogens with one attached hydrogen (secondary N) is 1. The van der Waals surface area contributed by atoms with Gasteiger partial charge in [-0.15, -0.1) is 0 Å². The Morgan fingerprint density at radius 2 is 1.85 bits per heavy atom. The number of carbonyl (C=O) groups excluding carboxylic acids is 1. The van der Waals surface area contributed by atoms with E-state index in [1.165, 1.54) is 5.56 Å². The Morgan fingerprint density at radius 3 is 2.59 bits per heavy atom. The highest BCUT2D eigenvalue weighted by atomic mass is 79.9. The highest BCUT2D eigenvalue weighted by molar-refractivity contribution is 9.10. The summed E-state index contributed by atoms with van der Waals surface area (Å²) in [6.45, 7) is 4.19. The van der Waals surface area contributed by atoms with Crippen LogP contribution in [0.15, 0.2) is 70.2 Å². The van der Waals surface area contributed by atoms with Crippen molar-refractivity contribution in [1.29, 1.82) is 0 Å². The van der Waals surface area contributed by atoms with E-state index in [-0.39, 0.29) is 12.5 Å². The van der Waals surface area contributed by atoms with Crippen LogP contribution in [0.1, 0.15) is 30.9 Å². The summed E-state index contributed by atoms with van der Waals surface area (Å²) >= 11 is 3.54. The smallest absolute Gasteiger partial charge is 0.277 e. The van der Waals surface area contributed by atoms with E-state index in [2.05, 4.69) is 52.4 Å². The van der Waals surface area contributed by atoms with Crippen molar-refractivity contribution in [1.82, 2.24) is 5.43 Å². The second-order valence-electron chi connectivity index (χ2n) is 6.50. The molecule has 27 heavy (non-hydrogen) atoms. The molecular formula is C22H21BrN2O2. The van der Waals surface area contributed by atoms with Crippen LogP contribution < -0.4 is 10.2 Å². The van der Waals surface area contributed by atoms with E-state index in [4.69, 9.17) is 4.74 Å². The summed E-state index contributed by atoms with van der Waals surface area (Å²) in [6, 6.07) is 19.9. The van der Waals surface area contributed by atoms with Crippen LogP contribution in [0.25, 0.3) is 10.8 Å². The van der Waals surface area contributed by atoms with Gasteiger partial charge in [0, 0.05) is 0 Å². The minimum absolute atomic E-state index is 0.111. The number of fused-ring (bicyclic) bond motifs is 1. The zero-order valence-corrected chi connectivity index (χ0v) is 16.9. The first-order chi connectivity index (χ1) is 13.0. The van der Waals surface area contributed by atoms with Crippen LogP contribution in [0.3, 0.4) is 0 Å². The van der Waals surface area contributed by atoms with Crippen LogP contribution in [0, 0.1) is 0 Å². The average molecular weight is 425 g/mol. The summed E-state index contributed by atoms with van der Waals surface area (Å²) in [6.07, 6.45) is 1.62. The minimum atomic E-state index is -0.315. The molecule has 3 rings (SSSR count). The van der Waals surface area contributed by atoms with Gasteiger partial charge in [0.25, 0.3) is 5.91 Å². The summed E-state index contributed by atoms with van der Waals surface area (Å²) in [5.74, 6) is 0.796. The number of ether oxygens (including phenoxy) is 1. The summed E-state index contributed by atoms with van der Waals surface area (Å²) < 4.78 is 6.45. The number of hydrazone groups is 1. The standard InChI is InChI=1S/C22H21BrN2O2/c1-15(2)17-9-7-16(8-10-17)13-24-25-21(26)14-27-20-12-11-18-5-3-4-6-19(18)22(20)23/h3-13,15H,14H2,1-2H3,(H,25,26). The van der Waals surface area contributed by atoms with Gasteiger partial charge in [0.05, 0.1) is 10.7 Å². The Bertz CT molecular complexity index is 966. The Kier molecular flexibility index (Phi) is 6.24. The van der Waals surface area contributed by atoms with Crippen molar-refractivity contribution in [3.05, 3.63) is 76.3 Å². The molecule has 0 saturated heterocycles. The zero-order valence-electron chi connectivity index (χ0n) is 15.3. The molecule has 0 aliphatic carbocycles. The molecule has 3 aromatic carbocycles. The number of nitrogens with zero attached hydrogens (tertiary/aromatic N) is 1. The molecule has 0 unspecified atom stereocenters. The molecule has 0 heterocycles. The molecule has 0 spiro atoms. The molecular weight excluding hydrogens is 404 g/mol. The predicted molar refractivity (Wildman–Crippen MR) is 113 cm³/mol. The van der Waals surface area contributed by atoms with Gasteiger partial charge in [-0.25, -0.2) is 5.43 Å². The third kappa shape index (κ3) is 4.95. The average Bonchev–Trinajstić information content (AvgIpc) is 2.68. The van der Waals surface area contributed by atoms with Crippen molar-refractivity contribution in [2.24, 2.45) is 5.10 Å². The van der Waals surface area contributed by atoms with E-state index in [1.54, 1.807) is 6.21 Å². The van der Waals surface area contributed by atoms with Crippen molar-refractivity contribution in [3.63, 3.8) is 0 Å². The normalized spacial score (nSPS) is 11.3. The molecule has 0 fully saturated rings. The topological polar surface area (TPSA) is 50.7 Å². The maximum atomic E-state index is 12.0. The van der Waals surface area contributed by atoms with E-state index in [0.717, 1.165) is 20.8 Å². The highest BCUT2D eigenvalue weighted by Crippen LogP contribution is 2.32. The second kappa shape index (κ2) is 8.82. The van der Waals surface area contributed by atoms with Gasteiger partial charge < -0.3 is 4.74 Å². The van der Waals surface area contributed by atoms with Gasteiger partial charge >= 0.3 is 0 Å². The molecule has 0 radical (unpaired) electrons. The molecule has 0 aliphatic heterocycles. The molecule has 4 nitrogen and oxygen atoms in total. The van der Waals surface area contributed by atoms with E-state index >= 15 is 0 Å². The number of amides is 1. The fourth-order valence-electron chi connectivity index (χ4n) is 2.65. The van der Waals surface area contributed by atoms with Crippen LogP contribution in [-0.2, 0) is 4.79 Å². The Morgan fingerprint density at radius 1 is 1.11 bits per heavy atom. The number of benzene rings is 3. The lowest BCUT2D eigenvalue weighted by Crippen LogP contribution is -2.24. The van der Waals surface area contributed by atoms with Crippen LogP contribution >= 0.6 is 15.9 Å². The Hall–Kier alpha value is -2.66. The van der Waals surface area contributed by atoms with E-state index in [0.29, 0.717) is 11.7 Å². The van der Waals surface area contributed by atoms with Crippen molar-refractivity contribution in [3.8, 4) is 5.75 Å². The van der Waals surface area contributed by atoms with Gasteiger partial charge in [-0.3, -0.25) is 4.79 Å².